The van der Waals surface area contributed by atoms with Crippen LogP contribution >= 0.6 is 0 Å². The molecule has 0 amide bonds. The van der Waals surface area contributed by atoms with Crippen molar-refractivity contribution < 1.29 is 48.4 Å². The molecule has 2 aromatic carbocycles. The van der Waals surface area contributed by atoms with Crippen LogP contribution in [0.15, 0.2) is 72.5 Å². The fraction of sp³-hybridized carbons (Fsp3) is 0.486. The minimum atomic E-state index is -0.722. The number of hydrogen-bond acceptors (Lipinski definition) is 3. The SMILES string of the molecule is CCN1/C(=C/C=C/C2=[N+](CC)c3ccccc3C2(C)CCCCCC(=O)O)C(C)(CCCCCC(=O)O)c2ccccc21.[I-]. The van der Waals surface area contributed by atoms with Crippen LogP contribution in [0.1, 0.15) is 103 Å². The second-order valence-corrected chi connectivity index (χ2v) is 12.4. The first-order chi connectivity index (χ1) is 20.7. The highest BCUT2D eigenvalue weighted by molar-refractivity contribution is 6.03. The van der Waals surface area contributed by atoms with Crippen LogP contribution in [0.4, 0.5) is 11.4 Å². The molecule has 0 radical (unpaired) electrons. The van der Waals surface area contributed by atoms with Crippen molar-refractivity contribution in [2.45, 2.75) is 103 Å². The van der Waals surface area contributed by atoms with E-state index in [2.05, 4.69) is 104 Å². The molecule has 2 aliphatic heterocycles. The maximum absolute atomic E-state index is 11.0. The Morgan fingerprint density at radius 1 is 0.795 bits per heavy atom. The van der Waals surface area contributed by atoms with Gasteiger partial charge in [0.2, 0.25) is 5.69 Å². The maximum atomic E-state index is 11.0. The number of hydrogen-bond donors (Lipinski definition) is 2. The van der Waals surface area contributed by atoms with E-state index in [1.165, 1.54) is 33.9 Å². The number of carbonyl (C=O) groups is 2. The van der Waals surface area contributed by atoms with E-state index >= 15 is 0 Å². The highest BCUT2D eigenvalue weighted by atomic mass is 127. The lowest BCUT2D eigenvalue weighted by molar-refractivity contribution is -0.433. The Labute approximate surface area is 280 Å². The summed E-state index contributed by atoms with van der Waals surface area (Å²) in [5.41, 5.74) is 7.50. The maximum Gasteiger partial charge on any atom is 0.303 e. The van der Waals surface area contributed by atoms with Crippen LogP contribution in [0, 0.1) is 0 Å². The molecule has 0 bridgehead atoms. The van der Waals surface area contributed by atoms with E-state index in [1.807, 2.05) is 0 Å². The standard InChI is InChI=1S/C37H48N2O4.HI/c1-5-38-30-20-13-11-18-28(30)36(3,26-15-7-9-24-34(40)41)32(38)22-17-23-33-37(4,27-16-8-10-25-35(42)43)29-19-12-14-21-31(29)39(33)6-2;/h11-14,17-23H,5-10,15-16,24-27H2,1-4H3,(H-,40,41,42,43);1H. The predicted octanol–water partition coefficient (Wildman–Crippen LogP) is 5.37. The van der Waals surface area contributed by atoms with Crippen LogP contribution in [0.25, 0.3) is 0 Å². The van der Waals surface area contributed by atoms with Gasteiger partial charge in [0.15, 0.2) is 5.71 Å². The smallest absolute Gasteiger partial charge is 0.303 e. The molecule has 0 spiro atoms. The van der Waals surface area contributed by atoms with E-state index in [-0.39, 0.29) is 47.6 Å². The number of carboxylic acids is 2. The van der Waals surface area contributed by atoms with Gasteiger partial charge in [-0.3, -0.25) is 9.59 Å². The average Bonchev–Trinajstić information content (AvgIpc) is 3.37. The van der Waals surface area contributed by atoms with Crippen molar-refractivity contribution in [1.82, 2.24) is 0 Å². The number of unbranched alkanes of at least 4 members (excludes halogenated alkanes) is 4. The number of para-hydroxylation sites is 2. The quantitative estimate of drug-likeness (QED) is 0.139. The van der Waals surface area contributed by atoms with Gasteiger partial charge in [-0.25, -0.2) is 0 Å². The number of halogens is 1. The Balaban J connectivity index is 0.00000529. The number of benzene rings is 2. The molecule has 2 atom stereocenters. The summed E-state index contributed by atoms with van der Waals surface area (Å²) in [6.07, 6.45) is 14.4. The van der Waals surface area contributed by atoms with Crippen LogP contribution in [-0.4, -0.2) is 45.5 Å². The zero-order valence-corrected chi connectivity index (χ0v) is 29.0. The molecule has 2 unspecified atom stereocenters. The number of carboxylic acid groups (broad SMARTS) is 2. The molecule has 2 aromatic rings. The third-order valence-corrected chi connectivity index (χ3v) is 9.57. The summed E-state index contributed by atoms with van der Waals surface area (Å²) in [5.74, 6) is -1.44. The Morgan fingerprint density at radius 3 is 1.95 bits per heavy atom. The van der Waals surface area contributed by atoms with Crippen molar-refractivity contribution >= 4 is 29.0 Å². The lowest BCUT2D eigenvalue weighted by Crippen LogP contribution is -3.00. The largest absolute Gasteiger partial charge is 1.00 e. The second kappa shape index (κ2) is 15.9. The molecule has 0 fully saturated rings. The lowest BCUT2D eigenvalue weighted by Gasteiger charge is -2.30. The van der Waals surface area contributed by atoms with Crippen LogP contribution in [0.2, 0.25) is 0 Å². The van der Waals surface area contributed by atoms with Gasteiger partial charge in [0.05, 0.1) is 5.41 Å². The van der Waals surface area contributed by atoms with E-state index in [9.17, 15) is 9.59 Å². The lowest BCUT2D eigenvalue weighted by atomic mass is 9.75. The Bertz CT molecular complexity index is 1410. The average molecular weight is 713 g/mol. The summed E-state index contributed by atoms with van der Waals surface area (Å²) in [6.45, 7) is 10.9. The summed E-state index contributed by atoms with van der Waals surface area (Å²) in [5, 5.41) is 18.1. The first-order valence-electron chi connectivity index (χ1n) is 16.1. The van der Waals surface area contributed by atoms with Crippen molar-refractivity contribution in [2.75, 3.05) is 18.0 Å². The van der Waals surface area contributed by atoms with Crippen molar-refractivity contribution in [3.05, 3.63) is 83.6 Å². The molecule has 44 heavy (non-hydrogen) atoms. The van der Waals surface area contributed by atoms with Crippen LogP contribution in [0.5, 0.6) is 0 Å². The number of allylic oxidation sites excluding steroid dienone is 4. The third-order valence-electron chi connectivity index (χ3n) is 9.57. The normalized spacial score (nSPS) is 21.5. The minimum Gasteiger partial charge on any atom is -1.00 e. The van der Waals surface area contributed by atoms with Gasteiger partial charge in [-0.2, -0.15) is 4.58 Å². The van der Waals surface area contributed by atoms with Gasteiger partial charge in [0.25, 0.3) is 0 Å². The van der Waals surface area contributed by atoms with Crippen molar-refractivity contribution in [3.8, 4) is 0 Å². The first-order valence-corrected chi connectivity index (χ1v) is 16.1. The molecule has 2 aliphatic rings. The number of aliphatic carboxylic acids is 2. The molecule has 2 N–H and O–H groups in total. The molecule has 2 heterocycles. The van der Waals surface area contributed by atoms with Gasteiger partial charge >= 0.3 is 11.9 Å². The van der Waals surface area contributed by atoms with Crippen LogP contribution in [-0.2, 0) is 20.4 Å². The molecular weight excluding hydrogens is 663 g/mol. The molecule has 0 aromatic heterocycles. The second-order valence-electron chi connectivity index (χ2n) is 12.4. The van der Waals surface area contributed by atoms with Crippen molar-refractivity contribution in [3.63, 3.8) is 0 Å². The Morgan fingerprint density at radius 2 is 1.36 bits per heavy atom. The minimum absolute atomic E-state index is 0. The molecule has 238 valence electrons. The molecular formula is C37H49IN2O4. The highest BCUT2D eigenvalue weighted by Crippen LogP contribution is 2.50. The molecule has 0 saturated carbocycles. The molecule has 0 aliphatic carbocycles. The van der Waals surface area contributed by atoms with Crippen molar-refractivity contribution in [2.24, 2.45) is 0 Å². The first kappa shape index (κ1) is 35.5. The van der Waals surface area contributed by atoms with E-state index in [0.717, 1.165) is 51.6 Å². The van der Waals surface area contributed by atoms with Crippen LogP contribution in [0.3, 0.4) is 0 Å². The fourth-order valence-corrected chi connectivity index (χ4v) is 7.33. The van der Waals surface area contributed by atoms with E-state index in [4.69, 9.17) is 10.2 Å². The fourth-order valence-electron chi connectivity index (χ4n) is 7.33. The zero-order chi connectivity index (χ0) is 31.0. The number of rotatable bonds is 16. The summed E-state index contributed by atoms with van der Waals surface area (Å²) in [6, 6.07) is 17.4. The number of fused-ring (bicyclic) bond motifs is 2. The van der Waals surface area contributed by atoms with E-state index in [1.54, 1.807) is 0 Å². The number of anilines is 1. The van der Waals surface area contributed by atoms with Gasteiger partial charge in [-0.05, 0) is 71.1 Å². The van der Waals surface area contributed by atoms with E-state index < -0.39 is 11.9 Å². The molecule has 6 nitrogen and oxygen atoms in total. The van der Waals surface area contributed by atoms with Gasteiger partial charge in [-0.15, -0.1) is 0 Å². The molecule has 0 saturated heterocycles. The molecule has 4 rings (SSSR count). The Kier molecular flexibility index (Phi) is 12.8. The highest BCUT2D eigenvalue weighted by Gasteiger charge is 2.47. The van der Waals surface area contributed by atoms with Gasteiger partial charge in [-0.1, -0.05) is 68.2 Å². The van der Waals surface area contributed by atoms with Crippen molar-refractivity contribution in [1.29, 1.82) is 0 Å². The summed E-state index contributed by atoms with van der Waals surface area (Å²) in [4.78, 5) is 24.5. The number of nitrogens with zero attached hydrogens (tertiary/aromatic N) is 2. The zero-order valence-electron chi connectivity index (χ0n) is 26.8. The Hall–Kier alpha value is -2.94. The third kappa shape index (κ3) is 7.47. The topological polar surface area (TPSA) is 80.8 Å². The van der Waals surface area contributed by atoms with E-state index in [0.29, 0.717) is 12.8 Å². The monoisotopic (exact) mass is 712 g/mol. The number of likely N-dealkylation sites (N-methyl/N-ethyl adjacent to an activating group) is 1. The summed E-state index contributed by atoms with van der Waals surface area (Å²) in [7, 11) is 0. The molecule has 7 heteroatoms. The van der Waals surface area contributed by atoms with Gasteiger partial charge in [0, 0.05) is 53.9 Å². The summed E-state index contributed by atoms with van der Waals surface area (Å²) >= 11 is 0. The van der Waals surface area contributed by atoms with Gasteiger partial charge in [0.1, 0.15) is 6.54 Å². The summed E-state index contributed by atoms with van der Waals surface area (Å²) < 4.78 is 2.43. The van der Waals surface area contributed by atoms with Crippen LogP contribution < -0.4 is 28.9 Å². The predicted molar refractivity (Wildman–Crippen MR) is 175 cm³/mol. The van der Waals surface area contributed by atoms with Gasteiger partial charge < -0.3 is 39.1 Å².